The molecule has 0 spiro atoms. The predicted molar refractivity (Wildman–Crippen MR) is 111 cm³/mol. The topological polar surface area (TPSA) is 3.24 Å². The highest BCUT2D eigenvalue weighted by atomic mass is 15.2. The summed E-state index contributed by atoms with van der Waals surface area (Å²) in [5, 5.41) is 5.59. The molecule has 1 aliphatic rings. The highest BCUT2D eigenvalue weighted by Gasteiger charge is 2.43. The molecular formula is C24H29N. The highest BCUT2D eigenvalue weighted by molar-refractivity contribution is 6.16. The van der Waals surface area contributed by atoms with Gasteiger partial charge >= 0.3 is 0 Å². The Labute approximate surface area is 151 Å². The van der Waals surface area contributed by atoms with Crippen molar-refractivity contribution in [2.45, 2.75) is 59.5 Å². The molecule has 1 atom stereocenters. The highest BCUT2D eigenvalue weighted by Crippen LogP contribution is 2.50. The zero-order valence-electron chi connectivity index (χ0n) is 16.4. The van der Waals surface area contributed by atoms with Gasteiger partial charge in [0.15, 0.2) is 0 Å². The molecule has 1 aliphatic heterocycles. The normalized spacial score (nSPS) is 18.2. The van der Waals surface area contributed by atoms with Crippen molar-refractivity contribution in [3.63, 3.8) is 0 Å². The van der Waals surface area contributed by atoms with Crippen LogP contribution in [0.5, 0.6) is 0 Å². The average molecular weight is 332 g/mol. The third-order valence-corrected chi connectivity index (χ3v) is 5.68. The number of nitrogens with zero attached hydrogens (tertiary/aromatic N) is 1. The Kier molecular flexibility index (Phi) is 3.45. The first kappa shape index (κ1) is 16.4. The zero-order chi connectivity index (χ0) is 18.0. The molecule has 25 heavy (non-hydrogen) atoms. The molecule has 0 amide bonds. The van der Waals surface area contributed by atoms with Crippen molar-refractivity contribution in [2.24, 2.45) is 5.41 Å². The van der Waals surface area contributed by atoms with Crippen molar-refractivity contribution in [3.05, 3.63) is 54.1 Å². The fraction of sp³-hybridized carbons (Fsp3) is 0.417. The van der Waals surface area contributed by atoms with E-state index in [0.717, 1.165) is 6.42 Å². The van der Waals surface area contributed by atoms with Crippen LogP contribution in [0.15, 0.2) is 48.5 Å². The van der Waals surface area contributed by atoms with Crippen LogP contribution in [0.4, 0.5) is 5.69 Å². The van der Waals surface area contributed by atoms with Gasteiger partial charge in [-0.1, -0.05) is 69.3 Å². The van der Waals surface area contributed by atoms with Gasteiger partial charge in [0.1, 0.15) is 0 Å². The zero-order valence-corrected chi connectivity index (χ0v) is 16.4. The first-order valence-corrected chi connectivity index (χ1v) is 9.41. The van der Waals surface area contributed by atoms with Crippen LogP contribution < -0.4 is 4.90 Å². The maximum Gasteiger partial charge on any atom is 0.0492 e. The summed E-state index contributed by atoms with van der Waals surface area (Å²) in [5.41, 5.74) is 3.31. The van der Waals surface area contributed by atoms with E-state index in [2.05, 4.69) is 95.0 Å². The van der Waals surface area contributed by atoms with E-state index >= 15 is 0 Å². The number of hydrogen-bond donors (Lipinski definition) is 0. The summed E-state index contributed by atoms with van der Waals surface area (Å²) in [6, 6.07) is 18.4. The van der Waals surface area contributed by atoms with E-state index in [0.29, 0.717) is 6.04 Å². The minimum Gasteiger partial charge on any atom is -0.362 e. The summed E-state index contributed by atoms with van der Waals surface area (Å²) in [5.74, 6) is 0. The number of hydrogen-bond acceptors (Lipinski definition) is 1. The second-order valence-electron chi connectivity index (χ2n) is 9.55. The lowest BCUT2D eigenvalue weighted by Gasteiger charge is -2.45. The molecule has 0 radical (unpaired) electrons. The summed E-state index contributed by atoms with van der Waals surface area (Å²) < 4.78 is 0. The third kappa shape index (κ3) is 2.44. The maximum absolute atomic E-state index is 2.71. The third-order valence-electron chi connectivity index (χ3n) is 5.68. The van der Waals surface area contributed by atoms with Gasteiger partial charge in [-0.15, -0.1) is 0 Å². The molecule has 0 bridgehead atoms. The Hall–Kier alpha value is -2.02. The van der Waals surface area contributed by atoms with E-state index in [1.54, 1.807) is 0 Å². The van der Waals surface area contributed by atoms with Crippen molar-refractivity contribution in [1.29, 1.82) is 0 Å². The Morgan fingerprint density at radius 1 is 0.720 bits per heavy atom. The van der Waals surface area contributed by atoms with Gasteiger partial charge in [-0.3, -0.25) is 0 Å². The van der Waals surface area contributed by atoms with Crippen LogP contribution in [-0.4, -0.2) is 11.6 Å². The van der Waals surface area contributed by atoms with E-state index in [1.165, 1.54) is 32.8 Å². The van der Waals surface area contributed by atoms with Gasteiger partial charge < -0.3 is 4.90 Å². The van der Waals surface area contributed by atoms with Crippen LogP contribution in [0.1, 0.15) is 47.1 Å². The maximum atomic E-state index is 2.71. The lowest BCUT2D eigenvalue weighted by Crippen LogP contribution is -2.51. The van der Waals surface area contributed by atoms with Gasteiger partial charge in [-0.25, -0.2) is 0 Å². The Balaban J connectivity index is 2.15. The number of rotatable bonds is 0. The molecule has 4 rings (SSSR count). The van der Waals surface area contributed by atoms with Gasteiger partial charge in [0.2, 0.25) is 0 Å². The van der Waals surface area contributed by atoms with Gasteiger partial charge in [0.25, 0.3) is 0 Å². The van der Waals surface area contributed by atoms with E-state index in [1.807, 2.05) is 0 Å². The molecule has 3 aromatic rings. The van der Waals surface area contributed by atoms with E-state index in [9.17, 15) is 0 Å². The lowest BCUT2D eigenvalue weighted by molar-refractivity contribution is 0.277. The van der Waals surface area contributed by atoms with Crippen LogP contribution in [0, 0.1) is 5.41 Å². The first-order chi connectivity index (χ1) is 11.7. The Morgan fingerprint density at radius 3 is 1.72 bits per heavy atom. The summed E-state index contributed by atoms with van der Waals surface area (Å²) >= 11 is 0. The largest absolute Gasteiger partial charge is 0.362 e. The number of benzene rings is 3. The van der Waals surface area contributed by atoms with Crippen LogP contribution >= 0.6 is 0 Å². The quantitative estimate of drug-likeness (QED) is 0.421. The smallest absolute Gasteiger partial charge is 0.0492 e. The van der Waals surface area contributed by atoms with Crippen LogP contribution in [0.2, 0.25) is 0 Å². The van der Waals surface area contributed by atoms with Crippen molar-refractivity contribution in [1.82, 2.24) is 0 Å². The molecule has 1 heteroatoms. The molecule has 0 N–H and O–H groups in total. The lowest BCUT2D eigenvalue weighted by atomic mass is 9.82. The van der Waals surface area contributed by atoms with Gasteiger partial charge in [0, 0.05) is 22.7 Å². The SMILES string of the molecule is CC(C)(C)C1Cc2c(c3ccccc3c3ccccc23)N1C(C)(C)C. The van der Waals surface area contributed by atoms with Gasteiger partial charge in [-0.2, -0.15) is 0 Å². The van der Waals surface area contributed by atoms with Crippen LogP contribution in [0.25, 0.3) is 21.5 Å². The molecule has 1 unspecified atom stereocenters. The standard InChI is InChI=1S/C24H29N/c1-23(2,3)21-15-20-18-13-8-7-11-16(18)17-12-9-10-14-19(17)22(20)25(21)24(4,5)6/h7-14,21H,15H2,1-6H3. The fourth-order valence-corrected chi connectivity index (χ4v) is 4.61. The molecule has 0 aromatic heterocycles. The first-order valence-electron chi connectivity index (χ1n) is 9.41. The summed E-state index contributed by atoms with van der Waals surface area (Å²) in [7, 11) is 0. The summed E-state index contributed by atoms with van der Waals surface area (Å²) in [4.78, 5) is 2.71. The molecular weight excluding hydrogens is 302 g/mol. The van der Waals surface area contributed by atoms with E-state index < -0.39 is 0 Å². The van der Waals surface area contributed by atoms with Crippen LogP contribution in [0.3, 0.4) is 0 Å². The fourth-order valence-electron chi connectivity index (χ4n) is 4.61. The van der Waals surface area contributed by atoms with E-state index in [4.69, 9.17) is 0 Å². The van der Waals surface area contributed by atoms with Crippen molar-refractivity contribution < 1.29 is 0 Å². The molecule has 130 valence electrons. The summed E-state index contributed by atoms with van der Waals surface area (Å²) in [6.07, 6.45) is 1.13. The number of anilines is 1. The Morgan fingerprint density at radius 2 is 1.20 bits per heavy atom. The monoisotopic (exact) mass is 331 g/mol. The summed E-state index contributed by atoms with van der Waals surface area (Å²) in [6.45, 7) is 14.2. The van der Waals surface area contributed by atoms with Crippen molar-refractivity contribution >= 4 is 27.2 Å². The molecule has 0 fully saturated rings. The minimum atomic E-state index is 0.0917. The molecule has 0 saturated carbocycles. The van der Waals surface area contributed by atoms with Gasteiger partial charge in [0.05, 0.1) is 0 Å². The molecule has 1 nitrogen and oxygen atoms in total. The Bertz CT molecular complexity index is 953. The predicted octanol–water partition coefficient (Wildman–Crippen LogP) is 6.57. The van der Waals surface area contributed by atoms with E-state index in [-0.39, 0.29) is 11.0 Å². The molecule has 1 heterocycles. The molecule has 0 aliphatic carbocycles. The van der Waals surface area contributed by atoms with Crippen molar-refractivity contribution in [2.75, 3.05) is 4.90 Å². The molecule has 0 saturated heterocycles. The van der Waals surface area contributed by atoms with Crippen molar-refractivity contribution in [3.8, 4) is 0 Å². The minimum absolute atomic E-state index is 0.0917. The second kappa shape index (κ2) is 5.24. The molecule has 3 aromatic carbocycles. The van der Waals surface area contributed by atoms with Crippen LogP contribution in [-0.2, 0) is 6.42 Å². The second-order valence-corrected chi connectivity index (χ2v) is 9.55. The average Bonchev–Trinajstić information content (AvgIpc) is 2.96. The van der Waals surface area contributed by atoms with Gasteiger partial charge in [-0.05, 0) is 54.3 Å². The number of fused-ring (bicyclic) bond motifs is 6.